The molecule has 0 aliphatic heterocycles. The Morgan fingerprint density at radius 1 is 0.949 bits per heavy atom. The van der Waals surface area contributed by atoms with E-state index in [1.54, 1.807) is 12.2 Å². The molecule has 8 atom stereocenters. The quantitative estimate of drug-likeness (QED) is 0.150. The van der Waals surface area contributed by atoms with Gasteiger partial charge in [-0.05, 0) is 111 Å². The molecule has 0 spiro atoms. The largest absolute Gasteiger partial charge is 0.534 e. The molecule has 0 heterocycles. The van der Waals surface area contributed by atoms with Crippen molar-refractivity contribution >= 4 is 22.7 Å². The van der Waals surface area contributed by atoms with Crippen molar-refractivity contribution in [2.75, 3.05) is 0 Å². The highest BCUT2D eigenvalue weighted by atomic mass is 32.2. The Morgan fingerprint density at radius 3 is 2.15 bits per heavy atom. The van der Waals surface area contributed by atoms with Crippen LogP contribution in [0.1, 0.15) is 113 Å². The lowest BCUT2D eigenvalue weighted by atomic mass is 9.37. The fourth-order valence-electron chi connectivity index (χ4n) is 10.1. The van der Waals surface area contributed by atoms with Crippen LogP contribution in [-0.2, 0) is 14.3 Å². The zero-order chi connectivity index (χ0) is 29.7. The Morgan fingerprint density at radius 2 is 1.56 bits per heavy atom. The maximum absolute atomic E-state index is 13.1. The molecule has 7 unspecified atom stereocenters. The molecule has 0 N–H and O–H groups in total. The van der Waals surface area contributed by atoms with Gasteiger partial charge in [0.05, 0.1) is 0 Å². The first-order valence-corrected chi connectivity index (χ1v) is 16.8. The zero-order valence-electron chi connectivity index (χ0n) is 25.0. The minimum atomic E-state index is -5.67. The molecule has 226 valence electrons. The fraction of sp³-hybridized carbons (Fsp3) is 0.871. The van der Waals surface area contributed by atoms with Crippen LogP contribution in [0.4, 0.5) is 13.2 Å². The fourth-order valence-corrected chi connectivity index (χ4v) is 11.3. The molecule has 0 amide bonds. The molecule has 5 rings (SSSR count). The van der Waals surface area contributed by atoms with E-state index in [0.717, 1.165) is 25.2 Å². The van der Waals surface area contributed by atoms with Crippen LogP contribution in [0.25, 0.3) is 0 Å². The van der Waals surface area contributed by atoms with Gasteiger partial charge in [0, 0.05) is 10.2 Å². The third kappa shape index (κ3) is 5.36. The highest BCUT2D eigenvalue weighted by Crippen LogP contribution is 2.72. The smallest absolute Gasteiger partial charge is 0.380 e. The topological polar surface area (TPSA) is 43.4 Å². The van der Waals surface area contributed by atoms with E-state index in [-0.39, 0.29) is 27.3 Å². The van der Waals surface area contributed by atoms with Gasteiger partial charge in [0.15, 0.2) is 0 Å². The van der Waals surface area contributed by atoms with Crippen LogP contribution in [0, 0.1) is 45.8 Å². The van der Waals surface area contributed by atoms with Crippen molar-refractivity contribution in [3.05, 3.63) is 24.5 Å². The van der Waals surface area contributed by atoms with Gasteiger partial charge in [-0.15, -0.1) is 6.58 Å². The average molecular weight is 593 g/mol. The van der Waals surface area contributed by atoms with Crippen LogP contribution >= 0.6 is 12.6 Å². The maximum atomic E-state index is 13.1. The summed E-state index contributed by atoms with van der Waals surface area (Å²) in [6, 6.07) is 0. The molecule has 0 bridgehead atoms. The van der Waals surface area contributed by atoms with E-state index >= 15 is 0 Å². The number of alkyl halides is 3. The highest BCUT2D eigenvalue weighted by molar-refractivity contribution is 7.87. The van der Waals surface area contributed by atoms with Crippen molar-refractivity contribution in [3.8, 4) is 0 Å². The molecule has 39 heavy (non-hydrogen) atoms. The monoisotopic (exact) mass is 592 g/mol. The first-order valence-electron chi connectivity index (χ1n) is 15.0. The average Bonchev–Trinajstić information content (AvgIpc) is 3.24. The van der Waals surface area contributed by atoms with Crippen LogP contribution in [0.2, 0.25) is 0 Å². The van der Waals surface area contributed by atoms with Crippen molar-refractivity contribution in [3.63, 3.8) is 0 Å². The molecule has 0 radical (unpaired) electrons. The number of hydrogen-bond donors (Lipinski definition) is 1. The molecule has 5 aliphatic rings. The van der Waals surface area contributed by atoms with Gasteiger partial charge in [-0.25, -0.2) is 0 Å². The van der Waals surface area contributed by atoms with Gasteiger partial charge >= 0.3 is 15.6 Å². The summed E-state index contributed by atoms with van der Waals surface area (Å²) in [6.07, 6.45) is 14.6. The molecule has 4 fully saturated rings. The minimum absolute atomic E-state index is 0.0342. The van der Waals surface area contributed by atoms with Crippen molar-refractivity contribution in [1.29, 1.82) is 0 Å². The SMILES string of the molecule is C=CC.CC.CC1(C)C(OS(=O)(=O)C(F)(F)F)=CCC2(C)C1CCC1(C)C3CCC4(S)CCC[C@@H]4C3CCC12. The summed E-state index contributed by atoms with van der Waals surface area (Å²) in [6.45, 7) is 17.8. The minimum Gasteiger partial charge on any atom is -0.380 e. The van der Waals surface area contributed by atoms with Crippen LogP contribution in [-0.4, -0.2) is 18.7 Å². The van der Waals surface area contributed by atoms with Crippen LogP contribution in [0.15, 0.2) is 24.5 Å². The van der Waals surface area contributed by atoms with Crippen molar-refractivity contribution in [1.82, 2.24) is 0 Å². The molecule has 3 nitrogen and oxygen atoms in total. The predicted molar refractivity (Wildman–Crippen MR) is 157 cm³/mol. The molecule has 0 saturated heterocycles. The normalized spacial score (nSPS) is 42.4. The second kappa shape index (κ2) is 11.2. The number of fused-ring (bicyclic) bond motifs is 7. The van der Waals surface area contributed by atoms with Gasteiger partial charge < -0.3 is 4.18 Å². The van der Waals surface area contributed by atoms with E-state index in [0.29, 0.717) is 24.2 Å². The Kier molecular flexibility index (Phi) is 9.46. The van der Waals surface area contributed by atoms with E-state index in [1.165, 1.54) is 38.5 Å². The summed E-state index contributed by atoms with van der Waals surface area (Å²) in [7, 11) is -5.67. The highest BCUT2D eigenvalue weighted by Gasteiger charge is 2.65. The lowest BCUT2D eigenvalue weighted by Gasteiger charge is -2.68. The molecule has 0 aromatic rings. The molecule has 0 aromatic carbocycles. The summed E-state index contributed by atoms with van der Waals surface area (Å²) >= 11 is 5.20. The van der Waals surface area contributed by atoms with Gasteiger partial charge in [-0.1, -0.05) is 54.0 Å². The molecular weight excluding hydrogens is 541 g/mol. The first-order chi connectivity index (χ1) is 18.0. The number of hydrogen-bond acceptors (Lipinski definition) is 4. The maximum Gasteiger partial charge on any atom is 0.534 e. The Labute approximate surface area is 241 Å². The van der Waals surface area contributed by atoms with Gasteiger partial charge in [0.1, 0.15) is 5.76 Å². The van der Waals surface area contributed by atoms with Gasteiger partial charge in [-0.2, -0.15) is 34.2 Å². The van der Waals surface area contributed by atoms with Gasteiger partial charge in [0.25, 0.3) is 0 Å². The van der Waals surface area contributed by atoms with Gasteiger partial charge in [-0.3, -0.25) is 0 Å². The Balaban J connectivity index is 0.000000787. The summed E-state index contributed by atoms with van der Waals surface area (Å²) < 4.78 is 67.7. The lowest BCUT2D eigenvalue weighted by Crippen LogP contribution is -2.61. The van der Waals surface area contributed by atoms with E-state index in [2.05, 4.69) is 20.4 Å². The number of thiol groups is 1. The van der Waals surface area contributed by atoms with E-state index in [9.17, 15) is 21.6 Å². The number of halogens is 3. The standard InChI is InChI=1S/C26H39F3O3S2.C3H6.C2H6/c1-22(2)19-10-13-23(3)17-9-15-25(33)12-5-6-18(25)16(17)7-8-20(23)24(19,4)14-11-21(22)32-34(30,31)26(27,28)29;1-3-2;1-2/h11,16-20,33H,5-10,12-15H2,1-4H3;3H,1H2,2H3;1-2H3/t16?,17?,18-,19?,20?,23?,24?,25?;;/m1../s1. The molecular formula is C31H51F3O3S2. The number of rotatable bonds is 2. The summed E-state index contributed by atoms with van der Waals surface area (Å²) in [4.78, 5) is 0. The predicted octanol–water partition coefficient (Wildman–Crippen LogP) is 9.71. The summed E-state index contributed by atoms with van der Waals surface area (Å²) in [5.74, 6) is 2.66. The summed E-state index contributed by atoms with van der Waals surface area (Å²) in [5.41, 5.74) is -6.06. The van der Waals surface area contributed by atoms with Crippen LogP contribution < -0.4 is 0 Å². The van der Waals surface area contributed by atoms with Gasteiger partial charge in [0.2, 0.25) is 0 Å². The molecule has 4 saturated carbocycles. The number of allylic oxidation sites excluding steroid dienone is 3. The van der Waals surface area contributed by atoms with E-state index in [1.807, 2.05) is 34.6 Å². The second-order valence-corrected chi connectivity index (χ2v) is 16.0. The van der Waals surface area contributed by atoms with Crippen molar-refractivity contribution in [2.45, 2.75) is 123 Å². The van der Waals surface area contributed by atoms with Crippen molar-refractivity contribution in [2.24, 2.45) is 45.8 Å². The lowest BCUT2D eigenvalue weighted by molar-refractivity contribution is -0.174. The third-order valence-corrected chi connectivity index (χ3v) is 13.2. The Hall–Kier alpha value is -0.630. The van der Waals surface area contributed by atoms with E-state index in [4.69, 9.17) is 16.8 Å². The third-order valence-electron chi connectivity index (χ3n) is 11.4. The van der Waals surface area contributed by atoms with Crippen molar-refractivity contribution < 1.29 is 25.8 Å². The van der Waals surface area contributed by atoms with E-state index < -0.39 is 21.0 Å². The van der Waals surface area contributed by atoms with Crippen LogP contribution in [0.5, 0.6) is 0 Å². The summed E-state index contributed by atoms with van der Waals surface area (Å²) in [5, 5.41) is 0. The molecule has 5 aliphatic carbocycles. The second-order valence-electron chi connectivity index (χ2n) is 13.5. The Bertz CT molecular complexity index is 1040. The molecule has 0 aromatic heterocycles. The molecule has 8 heteroatoms. The zero-order valence-corrected chi connectivity index (χ0v) is 26.7. The van der Waals surface area contributed by atoms with Crippen LogP contribution in [0.3, 0.4) is 0 Å². The first kappa shape index (κ1) is 32.9.